The minimum atomic E-state index is 0.00842. The Hall–Kier alpha value is -1.88. The first-order chi connectivity index (χ1) is 13.5. The summed E-state index contributed by atoms with van der Waals surface area (Å²) in [6, 6.07) is 7.71. The standard InChI is InChI=1S/C23H33N3O2/c1-15-9-11-26(12-10-15)23(28)19-7-2-3-8-20(19)25-22(27)18-13-16-5-4-6-17(14-18)21(16)24/h2-3,7-8,15-18,21H,4-6,9-14,24H2,1H3,(H,25,27). The van der Waals surface area contributed by atoms with E-state index in [1.165, 1.54) is 6.42 Å². The van der Waals surface area contributed by atoms with Crippen molar-refractivity contribution in [2.45, 2.75) is 57.9 Å². The highest BCUT2D eigenvalue weighted by Crippen LogP contribution is 2.42. The lowest BCUT2D eigenvalue weighted by molar-refractivity contribution is -0.122. The fourth-order valence-electron chi connectivity index (χ4n) is 5.40. The highest BCUT2D eigenvalue weighted by Gasteiger charge is 2.40. The molecule has 4 rings (SSSR count). The van der Waals surface area contributed by atoms with Crippen molar-refractivity contribution in [3.8, 4) is 0 Å². The number of anilines is 1. The van der Waals surface area contributed by atoms with Crippen LogP contribution in [0.5, 0.6) is 0 Å². The van der Waals surface area contributed by atoms with E-state index in [0.717, 1.165) is 51.6 Å². The third-order valence-electron chi connectivity index (χ3n) is 7.27. The van der Waals surface area contributed by atoms with Gasteiger partial charge in [0.1, 0.15) is 0 Å². The highest BCUT2D eigenvalue weighted by atomic mass is 16.2. The van der Waals surface area contributed by atoms with Crippen LogP contribution in [0.15, 0.2) is 24.3 Å². The van der Waals surface area contributed by atoms with E-state index in [1.807, 2.05) is 29.2 Å². The van der Waals surface area contributed by atoms with E-state index in [4.69, 9.17) is 5.73 Å². The van der Waals surface area contributed by atoms with Gasteiger partial charge in [0.15, 0.2) is 0 Å². The molecule has 1 aromatic carbocycles. The predicted molar refractivity (Wildman–Crippen MR) is 111 cm³/mol. The number of amides is 2. The minimum absolute atomic E-state index is 0.00842. The number of benzene rings is 1. The van der Waals surface area contributed by atoms with Gasteiger partial charge in [0.05, 0.1) is 11.3 Å². The van der Waals surface area contributed by atoms with Crippen molar-refractivity contribution in [3.05, 3.63) is 29.8 Å². The number of nitrogens with zero attached hydrogens (tertiary/aromatic N) is 1. The second-order valence-electron chi connectivity index (χ2n) is 9.21. The van der Waals surface area contributed by atoms with Crippen LogP contribution in [0.3, 0.4) is 0 Å². The fraction of sp³-hybridized carbons (Fsp3) is 0.652. The lowest BCUT2D eigenvalue weighted by Crippen LogP contribution is -2.48. The molecular formula is C23H33N3O2. The normalized spacial score (nSPS) is 30.7. The number of likely N-dealkylation sites (tertiary alicyclic amines) is 1. The van der Waals surface area contributed by atoms with E-state index in [2.05, 4.69) is 12.2 Å². The summed E-state index contributed by atoms with van der Waals surface area (Å²) in [4.78, 5) is 28.0. The molecule has 1 aromatic rings. The molecule has 2 unspecified atom stereocenters. The first-order valence-corrected chi connectivity index (χ1v) is 11.0. The molecule has 0 radical (unpaired) electrons. The molecule has 2 saturated carbocycles. The van der Waals surface area contributed by atoms with E-state index in [-0.39, 0.29) is 23.8 Å². The number of fused-ring (bicyclic) bond motifs is 2. The van der Waals surface area contributed by atoms with Gasteiger partial charge in [-0.1, -0.05) is 25.5 Å². The first-order valence-electron chi connectivity index (χ1n) is 11.0. The number of carbonyl (C=O) groups is 2. The zero-order chi connectivity index (χ0) is 19.7. The van der Waals surface area contributed by atoms with Gasteiger partial charge in [0.2, 0.25) is 5.91 Å². The maximum atomic E-state index is 13.0. The average Bonchev–Trinajstić information content (AvgIpc) is 2.68. The van der Waals surface area contributed by atoms with Gasteiger partial charge in [-0.05, 0) is 68.4 Å². The van der Waals surface area contributed by atoms with Gasteiger partial charge in [-0.2, -0.15) is 0 Å². The summed E-state index contributed by atoms with van der Waals surface area (Å²) in [6.45, 7) is 3.83. The van der Waals surface area contributed by atoms with Gasteiger partial charge >= 0.3 is 0 Å². The van der Waals surface area contributed by atoms with Crippen LogP contribution < -0.4 is 11.1 Å². The van der Waals surface area contributed by atoms with Crippen molar-refractivity contribution in [3.63, 3.8) is 0 Å². The number of para-hydroxylation sites is 1. The number of carbonyl (C=O) groups excluding carboxylic acids is 2. The molecule has 3 N–H and O–H groups in total. The number of piperidine rings is 1. The van der Waals surface area contributed by atoms with Gasteiger partial charge in [0.25, 0.3) is 5.91 Å². The molecule has 3 aliphatic rings. The molecule has 152 valence electrons. The number of hydrogen-bond donors (Lipinski definition) is 2. The van der Waals surface area contributed by atoms with E-state index in [0.29, 0.717) is 29.0 Å². The molecule has 1 saturated heterocycles. The third kappa shape index (κ3) is 3.95. The summed E-state index contributed by atoms with van der Waals surface area (Å²) in [5.74, 6) is 1.71. The molecule has 1 aliphatic heterocycles. The number of nitrogens with two attached hydrogens (primary N) is 1. The Kier molecular flexibility index (Phi) is 5.72. The van der Waals surface area contributed by atoms with Crippen LogP contribution in [0, 0.1) is 23.7 Å². The largest absolute Gasteiger partial charge is 0.339 e. The molecule has 0 spiro atoms. The van der Waals surface area contributed by atoms with Gasteiger partial charge in [-0.25, -0.2) is 0 Å². The van der Waals surface area contributed by atoms with Crippen LogP contribution in [0.1, 0.15) is 62.2 Å². The quantitative estimate of drug-likeness (QED) is 0.836. The topological polar surface area (TPSA) is 75.4 Å². The van der Waals surface area contributed by atoms with E-state index < -0.39 is 0 Å². The van der Waals surface area contributed by atoms with Crippen LogP contribution in [0.25, 0.3) is 0 Å². The number of rotatable bonds is 3. The van der Waals surface area contributed by atoms with Crippen LogP contribution in [-0.2, 0) is 4.79 Å². The monoisotopic (exact) mass is 383 g/mol. The molecule has 5 nitrogen and oxygen atoms in total. The Morgan fingerprint density at radius 1 is 1.04 bits per heavy atom. The van der Waals surface area contributed by atoms with Crippen molar-refractivity contribution in [1.29, 1.82) is 0 Å². The summed E-state index contributed by atoms with van der Waals surface area (Å²) in [6.07, 6.45) is 7.38. The highest BCUT2D eigenvalue weighted by molar-refractivity contribution is 6.04. The molecule has 0 aromatic heterocycles. The Morgan fingerprint density at radius 2 is 1.68 bits per heavy atom. The fourth-order valence-corrected chi connectivity index (χ4v) is 5.40. The number of hydrogen-bond acceptors (Lipinski definition) is 3. The van der Waals surface area contributed by atoms with Gasteiger partial charge < -0.3 is 16.0 Å². The van der Waals surface area contributed by atoms with Crippen molar-refractivity contribution in [1.82, 2.24) is 4.90 Å². The smallest absolute Gasteiger partial charge is 0.255 e. The van der Waals surface area contributed by atoms with Gasteiger partial charge in [-0.15, -0.1) is 0 Å². The second kappa shape index (κ2) is 8.24. The Balaban J connectivity index is 1.45. The summed E-state index contributed by atoms with van der Waals surface area (Å²) in [5, 5.41) is 3.09. The van der Waals surface area contributed by atoms with Gasteiger partial charge in [0, 0.05) is 25.0 Å². The summed E-state index contributed by atoms with van der Waals surface area (Å²) in [7, 11) is 0. The lowest BCUT2D eigenvalue weighted by Gasteiger charge is -2.43. The summed E-state index contributed by atoms with van der Waals surface area (Å²) < 4.78 is 0. The van der Waals surface area contributed by atoms with E-state index in [9.17, 15) is 9.59 Å². The molecule has 2 amide bonds. The van der Waals surface area contributed by atoms with E-state index in [1.54, 1.807) is 0 Å². The van der Waals surface area contributed by atoms with Crippen molar-refractivity contribution in [2.75, 3.05) is 18.4 Å². The zero-order valence-electron chi connectivity index (χ0n) is 16.9. The Morgan fingerprint density at radius 3 is 2.36 bits per heavy atom. The molecule has 28 heavy (non-hydrogen) atoms. The molecule has 1 heterocycles. The molecule has 2 bridgehead atoms. The number of nitrogens with one attached hydrogen (secondary N) is 1. The predicted octanol–water partition coefficient (Wildman–Crippen LogP) is 3.65. The first kappa shape index (κ1) is 19.4. The van der Waals surface area contributed by atoms with Crippen LogP contribution in [0.2, 0.25) is 0 Å². The summed E-state index contributed by atoms with van der Waals surface area (Å²) in [5.41, 5.74) is 7.63. The molecule has 2 atom stereocenters. The van der Waals surface area contributed by atoms with Crippen molar-refractivity contribution >= 4 is 17.5 Å². The molecule has 3 fully saturated rings. The zero-order valence-corrected chi connectivity index (χ0v) is 16.9. The Bertz CT molecular complexity index is 712. The SMILES string of the molecule is CC1CCN(C(=O)c2ccccc2NC(=O)C2CC3CCCC(C2)C3N)CC1. The Labute approximate surface area is 168 Å². The average molecular weight is 384 g/mol. The van der Waals surface area contributed by atoms with Crippen LogP contribution in [-0.4, -0.2) is 35.8 Å². The summed E-state index contributed by atoms with van der Waals surface area (Å²) >= 11 is 0. The van der Waals surface area contributed by atoms with Crippen LogP contribution in [0.4, 0.5) is 5.69 Å². The maximum absolute atomic E-state index is 13.0. The third-order valence-corrected chi connectivity index (χ3v) is 7.27. The lowest BCUT2D eigenvalue weighted by atomic mass is 9.65. The second-order valence-corrected chi connectivity index (χ2v) is 9.21. The van der Waals surface area contributed by atoms with Gasteiger partial charge in [-0.3, -0.25) is 9.59 Å². The molecule has 5 heteroatoms. The van der Waals surface area contributed by atoms with Crippen molar-refractivity contribution < 1.29 is 9.59 Å². The van der Waals surface area contributed by atoms with E-state index >= 15 is 0 Å². The molecular weight excluding hydrogens is 350 g/mol. The maximum Gasteiger partial charge on any atom is 0.255 e. The van der Waals surface area contributed by atoms with Crippen LogP contribution >= 0.6 is 0 Å². The minimum Gasteiger partial charge on any atom is -0.339 e. The van der Waals surface area contributed by atoms with Crippen molar-refractivity contribution in [2.24, 2.45) is 29.4 Å². The molecule has 2 aliphatic carbocycles.